The highest BCUT2D eigenvalue weighted by Crippen LogP contribution is 2.46. The first-order valence-electron chi connectivity index (χ1n) is 9.78. The number of nitrogens with zero attached hydrogens (tertiary/aromatic N) is 1. The molecule has 138 valence electrons. The second-order valence-electron chi connectivity index (χ2n) is 7.38. The third-order valence-electron chi connectivity index (χ3n) is 5.31. The highest BCUT2D eigenvalue weighted by Gasteiger charge is 2.25. The first-order chi connectivity index (χ1) is 12.6. The molecule has 0 bridgehead atoms. The SMILES string of the molecule is CCCCCc1cc(O)c(C2C=C(C)CCC2)c(O)c1-c1ccccn1. The van der Waals surface area contributed by atoms with Gasteiger partial charge in [0, 0.05) is 23.2 Å². The maximum atomic E-state index is 11.2. The van der Waals surface area contributed by atoms with Crippen LogP contribution in [-0.4, -0.2) is 15.2 Å². The van der Waals surface area contributed by atoms with E-state index in [1.807, 2.05) is 24.3 Å². The van der Waals surface area contributed by atoms with Crippen molar-refractivity contribution in [1.29, 1.82) is 0 Å². The van der Waals surface area contributed by atoms with Crippen molar-refractivity contribution < 1.29 is 10.2 Å². The predicted octanol–water partition coefficient (Wildman–Crippen LogP) is 6.11. The fourth-order valence-corrected chi connectivity index (χ4v) is 3.99. The van der Waals surface area contributed by atoms with Crippen molar-refractivity contribution in [3.8, 4) is 22.8 Å². The van der Waals surface area contributed by atoms with Crippen LogP contribution in [0.5, 0.6) is 11.5 Å². The summed E-state index contributed by atoms with van der Waals surface area (Å²) >= 11 is 0. The van der Waals surface area contributed by atoms with Crippen LogP contribution in [0.4, 0.5) is 0 Å². The van der Waals surface area contributed by atoms with E-state index in [1.54, 1.807) is 6.20 Å². The first-order valence-corrected chi connectivity index (χ1v) is 9.78. The Morgan fingerprint density at radius 3 is 2.73 bits per heavy atom. The van der Waals surface area contributed by atoms with Crippen molar-refractivity contribution in [2.45, 2.75) is 64.7 Å². The lowest BCUT2D eigenvalue weighted by molar-refractivity contribution is 0.428. The summed E-state index contributed by atoms with van der Waals surface area (Å²) < 4.78 is 0. The summed E-state index contributed by atoms with van der Waals surface area (Å²) in [4.78, 5) is 4.47. The van der Waals surface area contributed by atoms with E-state index in [2.05, 4.69) is 24.9 Å². The number of pyridine rings is 1. The van der Waals surface area contributed by atoms with Crippen molar-refractivity contribution in [3.63, 3.8) is 0 Å². The number of phenolic OH excluding ortho intramolecular Hbond substituents is 2. The molecule has 1 aliphatic rings. The Kier molecular flexibility index (Phi) is 5.97. The smallest absolute Gasteiger partial charge is 0.132 e. The molecular weight excluding hydrogens is 322 g/mol. The molecule has 0 saturated heterocycles. The highest BCUT2D eigenvalue weighted by atomic mass is 16.3. The van der Waals surface area contributed by atoms with E-state index in [0.29, 0.717) is 5.56 Å². The second-order valence-corrected chi connectivity index (χ2v) is 7.38. The Balaban J connectivity index is 2.11. The van der Waals surface area contributed by atoms with Crippen LogP contribution in [0.25, 0.3) is 11.3 Å². The average molecular weight is 351 g/mol. The average Bonchev–Trinajstić information content (AvgIpc) is 2.62. The Bertz CT molecular complexity index is 781. The van der Waals surface area contributed by atoms with Crippen molar-refractivity contribution in [1.82, 2.24) is 4.98 Å². The molecule has 1 aromatic carbocycles. The molecule has 26 heavy (non-hydrogen) atoms. The zero-order chi connectivity index (χ0) is 18.5. The van der Waals surface area contributed by atoms with E-state index in [9.17, 15) is 10.2 Å². The number of rotatable bonds is 6. The molecule has 0 spiro atoms. The summed E-state index contributed by atoms with van der Waals surface area (Å²) in [6.07, 6.45) is 11.2. The molecule has 2 aromatic rings. The van der Waals surface area contributed by atoms with Crippen LogP contribution in [0.2, 0.25) is 0 Å². The highest BCUT2D eigenvalue weighted by molar-refractivity contribution is 5.75. The molecule has 1 atom stereocenters. The van der Waals surface area contributed by atoms with Crippen LogP contribution in [0.1, 0.15) is 69.4 Å². The predicted molar refractivity (Wildman–Crippen MR) is 107 cm³/mol. The van der Waals surface area contributed by atoms with Gasteiger partial charge in [0.2, 0.25) is 0 Å². The molecule has 1 aromatic heterocycles. The van der Waals surface area contributed by atoms with Crippen molar-refractivity contribution in [2.75, 3.05) is 0 Å². The quantitative estimate of drug-likeness (QED) is 0.488. The van der Waals surface area contributed by atoms with Crippen molar-refractivity contribution in [3.05, 3.63) is 53.2 Å². The van der Waals surface area contributed by atoms with Crippen LogP contribution >= 0.6 is 0 Å². The van der Waals surface area contributed by atoms with Gasteiger partial charge in [-0.05, 0) is 62.8 Å². The number of hydrogen-bond acceptors (Lipinski definition) is 3. The molecule has 3 rings (SSSR count). The second kappa shape index (κ2) is 8.39. The minimum Gasteiger partial charge on any atom is -0.507 e. The van der Waals surface area contributed by atoms with E-state index < -0.39 is 0 Å². The van der Waals surface area contributed by atoms with Gasteiger partial charge in [-0.1, -0.05) is 37.5 Å². The monoisotopic (exact) mass is 351 g/mol. The molecule has 3 heteroatoms. The Hall–Kier alpha value is -2.29. The number of aryl methyl sites for hydroxylation is 1. The maximum absolute atomic E-state index is 11.2. The fraction of sp³-hybridized carbons (Fsp3) is 0.435. The standard InChI is InChI=1S/C23H29NO2/c1-3-4-5-10-18-15-20(25)22(17-11-8-9-16(2)14-17)23(26)21(18)19-12-6-7-13-24-19/h6-7,12-15,17,25-26H,3-5,8-11H2,1-2H3. The molecule has 1 unspecified atom stereocenters. The summed E-state index contributed by atoms with van der Waals surface area (Å²) in [5.74, 6) is 0.478. The lowest BCUT2D eigenvalue weighted by Crippen LogP contribution is -2.05. The molecule has 0 fully saturated rings. The number of hydrogen-bond donors (Lipinski definition) is 2. The first kappa shape index (κ1) is 18.5. The molecule has 2 N–H and O–H groups in total. The minimum absolute atomic E-state index is 0.0657. The number of benzene rings is 1. The summed E-state index contributed by atoms with van der Waals surface area (Å²) in [7, 11) is 0. The van der Waals surface area contributed by atoms with Crippen LogP contribution in [0.3, 0.4) is 0 Å². The van der Waals surface area contributed by atoms with E-state index in [1.165, 1.54) is 5.57 Å². The van der Waals surface area contributed by atoms with Crippen molar-refractivity contribution >= 4 is 0 Å². The van der Waals surface area contributed by atoms with E-state index in [0.717, 1.165) is 61.8 Å². The molecule has 0 radical (unpaired) electrons. The summed E-state index contributed by atoms with van der Waals surface area (Å²) in [5.41, 5.74) is 4.52. The number of aromatic hydroxyl groups is 2. The van der Waals surface area contributed by atoms with Gasteiger partial charge in [-0.3, -0.25) is 4.98 Å². The van der Waals surface area contributed by atoms with Crippen LogP contribution in [-0.2, 0) is 6.42 Å². The lowest BCUT2D eigenvalue weighted by Gasteiger charge is -2.24. The largest absolute Gasteiger partial charge is 0.507 e. The van der Waals surface area contributed by atoms with Gasteiger partial charge < -0.3 is 10.2 Å². The van der Waals surface area contributed by atoms with Gasteiger partial charge in [0.25, 0.3) is 0 Å². The van der Waals surface area contributed by atoms with Gasteiger partial charge in [-0.15, -0.1) is 0 Å². The Labute approximate surface area is 156 Å². The van der Waals surface area contributed by atoms with Crippen LogP contribution in [0.15, 0.2) is 42.1 Å². The molecule has 0 amide bonds. The maximum Gasteiger partial charge on any atom is 0.132 e. The lowest BCUT2D eigenvalue weighted by atomic mass is 9.82. The van der Waals surface area contributed by atoms with Gasteiger partial charge in [-0.2, -0.15) is 0 Å². The van der Waals surface area contributed by atoms with Gasteiger partial charge in [-0.25, -0.2) is 0 Å². The normalized spacial score (nSPS) is 17.2. The molecule has 3 nitrogen and oxygen atoms in total. The minimum atomic E-state index is 0.0657. The number of allylic oxidation sites excluding steroid dienone is 2. The zero-order valence-electron chi connectivity index (χ0n) is 15.8. The van der Waals surface area contributed by atoms with Gasteiger partial charge in [0.05, 0.1) is 5.69 Å². The van der Waals surface area contributed by atoms with Crippen molar-refractivity contribution in [2.24, 2.45) is 0 Å². The fourth-order valence-electron chi connectivity index (χ4n) is 3.99. The molecule has 1 heterocycles. The van der Waals surface area contributed by atoms with Gasteiger partial charge >= 0.3 is 0 Å². The Morgan fingerprint density at radius 1 is 1.19 bits per heavy atom. The number of aromatic nitrogens is 1. The zero-order valence-corrected chi connectivity index (χ0v) is 15.8. The summed E-state index contributed by atoms with van der Waals surface area (Å²) in [6.45, 7) is 4.30. The summed E-state index contributed by atoms with van der Waals surface area (Å²) in [5, 5.41) is 21.9. The molecule has 0 saturated carbocycles. The molecule has 1 aliphatic carbocycles. The van der Waals surface area contributed by atoms with Gasteiger partial charge in [0.1, 0.15) is 11.5 Å². The van der Waals surface area contributed by atoms with E-state index in [-0.39, 0.29) is 17.4 Å². The topological polar surface area (TPSA) is 53.4 Å². The summed E-state index contributed by atoms with van der Waals surface area (Å²) in [6, 6.07) is 7.61. The van der Waals surface area contributed by atoms with E-state index >= 15 is 0 Å². The Morgan fingerprint density at radius 2 is 2.04 bits per heavy atom. The third kappa shape index (κ3) is 3.92. The van der Waals surface area contributed by atoms with Crippen LogP contribution < -0.4 is 0 Å². The number of phenols is 2. The molecule has 0 aliphatic heterocycles. The van der Waals surface area contributed by atoms with E-state index in [4.69, 9.17) is 0 Å². The number of unbranched alkanes of at least 4 members (excludes halogenated alkanes) is 2. The van der Waals surface area contributed by atoms with Crippen LogP contribution in [0, 0.1) is 0 Å². The third-order valence-corrected chi connectivity index (χ3v) is 5.31. The molecular formula is C23H29NO2. The van der Waals surface area contributed by atoms with Gasteiger partial charge in [0.15, 0.2) is 0 Å².